The molecule has 0 heterocycles. The van der Waals surface area contributed by atoms with Crippen molar-refractivity contribution in [1.29, 1.82) is 0 Å². The molecule has 0 aromatic heterocycles. The minimum Gasteiger partial charge on any atom is -0.288 e. The minimum absolute atomic E-state index is 0.306. The van der Waals surface area contributed by atoms with Crippen LogP contribution >= 0.6 is 7.29 Å². The first kappa shape index (κ1) is 19.3. The Morgan fingerprint density at radius 1 is 0.741 bits per heavy atom. The van der Waals surface area contributed by atoms with Crippen LogP contribution < -0.4 is 10.6 Å². The topological polar surface area (TPSA) is 29.4 Å². The van der Waals surface area contributed by atoms with Crippen molar-refractivity contribution in [3.8, 4) is 0 Å². The zero-order valence-electron chi connectivity index (χ0n) is 16.0. The first-order chi connectivity index (χ1) is 12.8. The summed E-state index contributed by atoms with van der Waals surface area (Å²) in [6.45, 7) is 7.87. The van der Waals surface area contributed by atoms with Crippen molar-refractivity contribution in [2.75, 3.05) is 0 Å². The molecular formula is C23H23FNOP. The van der Waals surface area contributed by atoms with Crippen LogP contribution in [0.1, 0.15) is 27.8 Å². The van der Waals surface area contributed by atoms with Crippen molar-refractivity contribution >= 4 is 24.1 Å². The summed E-state index contributed by atoms with van der Waals surface area (Å²) in [7, 11) is -3.28. The molecule has 0 bridgehead atoms. The SMILES string of the molecule is Cc1cccc(C)c1P(=O)(/N=C/c1ccc(F)cc1)c1c(C)cccc1C. The van der Waals surface area contributed by atoms with Gasteiger partial charge in [-0.3, -0.25) is 4.57 Å². The normalized spacial score (nSPS) is 11.9. The highest BCUT2D eigenvalue weighted by Crippen LogP contribution is 2.48. The first-order valence-electron chi connectivity index (χ1n) is 8.88. The second-order valence-electron chi connectivity index (χ2n) is 6.85. The van der Waals surface area contributed by atoms with Crippen LogP contribution in [0.25, 0.3) is 0 Å². The maximum atomic E-state index is 14.5. The van der Waals surface area contributed by atoms with Gasteiger partial charge in [0, 0.05) is 16.8 Å². The average Bonchev–Trinajstić information content (AvgIpc) is 2.61. The van der Waals surface area contributed by atoms with Gasteiger partial charge in [0.1, 0.15) is 5.82 Å². The van der Waals surface area contributed by atoms with Crippen molar-refractivity contribution in [2.45, 2.75) is 27.7 Å². The highest BCUT2D eigenvalue weighted by molar-refractivity contribution is 7.78. The zero-order valence-corrected chi connectivity index (χ0v) is 16.9. The molecule has 0 aliphatic rings. The summed E-state index contributed by atoms with van der Waals surface area (Å²) in [6.07, 6.45) is 1.60. The van der Waals surface area contributed by atoms with E-state index in [-0.39, 0.29) is 5.82 Å². The van der Waals surface area contributed by atoms with Crippen LogP contribution in [0.2, 0.25) is 0 Å². The first-order valence-corrected chi connectivity index (χ1v) is 10.5. The average molecular weight is 379 g/mol. The molecule has 3 rings (SSSR count). The summed E-state index contributed by atoms with van der Waals surface area (Å²) in [5, 5.41) is 1.56. The lowest BCUT2D eigenvalue weighted by molar-refractivity contribution is 0.588. The van der Waals surface area contributed by atoms with Gasteiger partial charge in [-0.1, -0.05) is 48.5 Å². The third kappa shape index (κ3) is 3.79. The van der Waals surface area contributed by atoms with Gasteiger partial charge in [-0.2, -0.15) is 0 Å². The summed E-state index contributed by atoms with van der Waals surface area (Å²) in [5.74, 6) is -0.306. The zero-order chi connectivity index (χ0) is 19.6. The highest BCUT2D eigenvalue weighted by Gasteiger charge is 2.32. The van der Waals surface area contributed by atoms with E-state index >= 15 is 0 Å². The largest absolute Gasteiger partial charge is 0.288 e. The second-order valence-corrected chi connectivity index (χ2v) is 9.13. The minimum atomic E-state index is -3.28. The number of hydrogen-bond donors (Lipinski definition) is 0. The van der Waals surface area contributed by atoms with E-state index in [1.54, 1.807) is 18.3 Å². The van der Waals surface area contributed by atoms with Crippen LogP contribution in [0, 0.1) is 33.5 Å². The van der Waals surface area contributed by atoms with Gasteiger partial charge in [0.2, 0.25) is 7.29 Å². The third-order valence-electron chi connectivity index (χ3n) is 4.72. The van der Waals surface area contributed by atoms with Gasteiger partial charge in [0.25, 0.3) is 0 Å². The third-order valence-corrected chi connectivity index (χ3v) is 7.79. The Kier molecular flexibility index (Phi) is 5.43. The lowest BCUT2D eigenvalue weighted by Crippen LogP contribution is -2.23. The Morgan fingerprint density at radius 3 is 1.56 bits per heavy atom. The van der Waals surface area contributed by atoms with E-state index in [1.807, 2.05) is 64.1 Å². The number of nitrogens with zero attached hydrogens (tertiary/aromatic N) is 1. The van der Waals surface area contributed by atoms with E-state index in [1.165, 1.54) is 12.1 Å². The maximum absolute atomic E-state index is 14.5. The van der Waals surface area contributed by atoms with Gasteiger partial charge >= 0.3 is 0 Å². The van der Waals surface area contributed by atoms with Crippen LogP contribution in [0.15, 0.2) is 65.4 Å². The van der Waals surface area contributed by atoms with Crippen LogP contribution in [-0.4, -0.2) is 6.21 Å². The fourth-order valence-corrected chi connectivity index (χ4v) is 6.45. The summed E-state index contributed by atoms with van der Waals surface area (Å²) in [4.78, 5) is 0. The van der Waals surface area contributed by atoms with Crippen LogP contribution in [-0.2, 0) is 4.57 Å². The van der Waals surface area contributed by atoms with E-state index < -0.39 is 7.29 Å². The van der Waals surface area contributed by atoms with Gasteiger partial charge in [0.15, 0.2) is 0 Å². The molecule has 0 atom stereocenters. The second kappa shape index (κ2) is 7.62. The lowest BCUT2D eigenvalue weighted by atomic mass is 10.1. The Bertz CT molecular complexity index is 958. The monoisotopic (exact) mass is 379 g/mol. The fourth-order valence-electron chi connectivity index (χ4n) is 3.49. The Morgan fingerprint density at radius 2 is 1.15 bits per heavy atom. The van der Waals surface area contributed by atoms with E-state index in [9.17, 15) is 8.96 Å². The molecule has 0 amide bonds. The number of aryl methyl sites for hydroxylation is 4. The van der Waals surface area contributed by atoms with Crippen molar-refractivity contribution in [2.24, 2.45) is 4.76 Å². The smallest absolute Gasteiger partial charge is 0.248 e. The summed E-state index contributed by atoms with van der Waals surface area (Å²) < 4.78 is 32.3. The molecule has 0 fully saturated rings. The number of rotatable bonds is 4. The van der Waals surface area contributed by atoms with Crippen molar-refractivity contribution < 1.29 is 8.96 Å². The molecular weight excluding hydrogens is 356 g/mol. The van der Waals surface area contributed by atoms with Gasteiger partial charge in [0.05, 0.1) is 0 Å². The molecule has 3 aromatic rings. The van der Waals surface area contributed by atoms with E-state index in [0.29, 0.717) is 5.56 Å². The molecule has 0 unspecified atom stereocenters. The molecule has 0 saturated heterocycles. The lowest BCUT2D eigenvalue weighted by Gasteiger charge is -2.22. The molecule has 27 heavy (non-hydrogen) atoms. The summed E-state index contributed by atoms with van der Waals surface area (Å²) in [5.41, 5.74) is 4.54. The number of benzene rings is 3. The highest BCUT2D eigenvalue weighted by atomic mass is 31.2. The predicted molar refractivity (Wildman–Crippen MR) is 113 cm³/mol. The maximum Gasteiger partial charge on any atom is 0.248 e. The van der Waals surface area contributed by atoms with E-state index in [2.05, 4.69) is 4.76 Å². The Balaban J connectivity index is 2.27. The standard InChI is InChI=1S/C23H23FNOP/c1-16-7-5-8-17(2)22(16)27(26,23-18(3)9-6-10-19(23)4)25-15-20-11-13-21(24)14-12-20/h5-15H,1-4H3/b25-15+. The van der Waals surface area contributed by atoms with Crippen LogP contribution in [0.3, 0.4) is 0 Å². The predicted octanol–water partition coefficient (Wildman–Crippen LogP) is 5.41. The van der Waals surface area contributed by atoms with Crippen LogP contribution in [0.4, 0.5) is 4.39 Å². The number of halogens is 1. The van der Waals surface area contributed by atoms with Crippen molar-refractivity contribution in [3.63, 3.8) is 0 Å². The molecule has 3 aromatic carbocycles. The van der Waals surface area contributed by atoms with E-state index in [4.69, 9.17) is 0 Å². The Labute approximate surface area is 160 Å². The quantitative estimate of drug-likeness (QED) is 0.440. The van der Waals surface area contributed by atoms with Gasteiger partial charge < -0.3 is 0 Å². The molecule has 0 N–H and O–H groups in total. The molecule has 2 nitrogen and oxygen atoms in total. The van der Waals surface area contributed by atoms with Gasteiger partial charge in [-0.05, 0) is 67.6 Å². The van der Waals surface area contributed by atoms with Gasteiger partial charge in [-0.25, -0.2) is 9.15 Å². The number of hydrogen-bond acceptors (Lipinski definition) is 1. The Hall–Kier alpha value is -2.51. The summed E-state index contributed by atoms with van der Waals surface area (Å²) in [6, 6.07) is 17.8. The fraction of sp³-hybridized carbons (Fsp3) is 0.174. The molecule has 138 valence electrons. The molecule has 0 aliphatic heterocycles. The van der Waals surface area contributed by atoms with Crippen molar-refractivity contribution in [3.05, 3.63) is 94.3 Å². The molecule has 0 saturated carbocycles. The molecule has 0 spiro atoms. The molecule has 0 aliphatic carbocycles. The van der Waals surface area contributed by atoms with Gasteiger partial charge in [-0.15, -0.1) is 0 Å². The molecule has 0 radical (unpaired) electrons. The van der Waals surface area contributed by atoms with Crippen molar-refractivity contribution in [1.82, 2.24) is 0 Å². The van der Waals surface area contributed by atoms with Crippen LogP contribution in [0.5, 0.6) is 0 Å². The molecule has 4 heteroatoms. The van der Waals surface area contributed by atoms with E-state index in [0.717, 1.165) is 32.9 Å². The summed E-state index contributed by atoms with van der Waals surface area (Å²) >= 11 is 0.